The van der Waals surface area contributed by atoms with E-state index in [4.69, 9.17) is 63.1 Å². The quantitative estimate of drug-likeness (QED) is 0.743. The lowest BCUT2D eigenvalue weighted by Crippen LogP contribution is -2.31. The molecule has 0 aliphatic carbocycles. The molecule has 0 spiro atoms. The molecule has 0 aromatic heterocycles. The Balaban J connectivity index is 4.10. The largest absolute Gasteiger partial charge is 0.396 e. The summed E-state index contributed by atoms with van der Waals surface area (Å²) in [5, 5.41) is 8.42. The van der Waals surface area contributed by atoms with E-state index in [1.54, 1.807) is 0 Å². The SMILES string of the molecule is OCCC(Cl)(Cl)C(Cl)(Cl)Cl. The number of rotatable bonds is 2. The molecule has 1 nitrogen and oxygen atoms in total. The lowest BCUT2D eigenvalue weighted by molar-refractivity contribution is 0.281. The van der Waals surface area contributed by atoms with E-state index in [0.29, 0.717) is 0 Å². The Kier molecular flexibility index (Phi) is 4.43. The molecule has 10 heavy (non-hydrogen) atoms. The second kappa shape index (κ2) is 3.88. The van der Waals surface area contributed by atoms with Gasteiger partial charge in [-0.25, -0.2) is 0 Å². The molecule has 0 unspecified atom stereocenters. The highest BCUT2D eigenvalue weighted by atomic mass is 35.6. The molecular formula is C4H5Cl5O. The van der Waals surface area contributed by atoms with Crippen LogP contribution < -0.4 is 0 Å². The van der Waals surface area contributed by atoms with Gasteiger partial charge in [-0.15, -0.1) is 0 Å². The van der Waals surface area contributed by atoms with Crippen LogP contribution in [0.4, 0.5) is 0 Å². The van der Waals surface area contributed by atoms with E-state index < -0.39 is 8.13 Å². The van der Waals surface area contributed by atoms with Gasteiger partial charge < -0.3 is 5.11 Å². The fourth-order valence-corrected chi connectivity index (χ4v) is 0.735. The van der Waals surface area contributed by atoms with Crippen LogP contribution in [0.5, 0.6) is 0 Å². The van der Waals surface area contributed by atoms with Crippen molar-refractivity contribution in [1.29, 1.82) is 0 Å². The first-order valence-electron chi connectivity index (χ1n) is 2.36. The molecule has 0 saturated heterocycles. The molecule has 1 N–H and O–H groups in total. The van der Waals surface area contributed by atoms with Gasteiger partial charge in [0, 0.05) is 13.0 Å². The van der Waals surface area contributed by atoms with Gasteiger partial charge in [-0.1, -0.05) is 58.0 Å². The average molecular weight is 246 g/mol. The minimum atomic E-state index is -1.77. The number of hydrogen-bond donors (Lipinski definition) is 1. The van der Waals surface area contributed by atoms with Crippen molar-refractivity contribution in [2.45, 2.75) is 14.5 Å². The van der Waals surface area contributed by atoms with Gasteiger partial charge in [0.25, 0.3) is 0 Å². The fraction of sp³-hybridized carbons (Fsp3) is 1.00. The maximum absolute atomic E-state index is 8.42. The lowest BCUT2D eigenvalue weighted by atomic mass is 10.3. The number of halogens is 5. The van der Waals surface area contributed by atoms with Crippen molar-refractivity contribution in [2.24, 2.45) is 0 Å². The summed E-state index contributed by atoms with van der Waals surface area (Å²) in [6, 6.07) is 0. The minimum absolute atomic E-state index is 0.0204. The zero-order valence-corrected chi connectivity index (χ0v) is 8.53. The molecule has 0 bridgehead atoms. The molecular weight excluding hydrogens is 241 g/mol. The Bertz CT molecular complexity index is 107. The first-order valence-corrected chi connectivity index (χ1v) is 4.25. The summed E-state index contributed by atoms with van der Waals surface area (Å²) < 4.78 is -3.29. The third-order valence-electron chi connectivity index (χ3n) is 0.841. The van der Waals surface area contributed by atoms with Gasteiger partial charge in [-0.3, -0.25) is 0 Å². The Morgan fingerprint density at radius 1 is 1.00 bits per heavy atom. The van der Waals surface area contributed by atoms with Crippen LogP contribution in [-0.4, -0.2) is 19.8 Å². The van der Waals surface area contributed by atoms with Gasteiger partial charge in [0.1, 0.15) is 0 Å². The fourth-order valence-electron chi connectivity index (χ4n) is 0.282. The summed E-state index contributed by atoms with van der Waals surface area (Å²) in [4.78, 5) is 0. The van der Waals surface area contributed by atoms with E-state index in [9.17, 15) is 0 Å². The molecule has 0 saturated carbocycles. The number of hydrogen-bond acceptors (Lipinski definition) is 1. The molecule has 0 aliphatic rings. The van der Waals surface area contributed by atoms with Crippen molar-refractivity contribution in [1.82, 2.24) is 0 Å². The van der Waals surface area contributed by atoms with Crippen LogP contribution in [0.15, 0.2) is 0 Å². The highest BCUT2D eigenvalue weighted by Gasteiger charge is 2.45. The molecule has 0 radical (unpaired) electrons. The minimum Gasteiger partial charge on any atom is -0.396 e. The van der Waals surface area contributed by atoms with E-state index in [0.717, 1.165) is 0 Å². The summed E-state index contributed by atoms with van der Waals surface area (Å²) >= 11 is 27.1. The predicted molar refractivity (Wildman–Crippen MR) is 46.4 cm³/mol. The van der Waals surface area contributed by atoms with Gasteiger partial charge >= 0.3 is 0 Å². The highest BCUT2D eigenvalue weighted by Crippen LogP contribution is 2.47. The van der Waals surface area contributed by atoms with Crippen molar-refractivity contribution in [3.8, 4) is 0 Å². The summed E-state index contributed by atoms with van der Waals surface area (Å²) in [6.07, 6.45) is 0.0204. The molecule has 62 valence electrons. The second-order valence-corrected chi connectivity index (χ2v) is 5.44. The summed E-state index contributed by atoms with van der Waals surface area (Å²) in [5.74, 6) is 0. The standard InChI is InChI=1S/C4H5Cl5O/c5-3(6,1-2-10)4(7,8)9/h10H,1-2H2. The van der Waals surface area contributed by atoms with Gasteiger partial charge in [0.05, 0.1) is 0 Å². The Hall–Kier alpha value is 1.41. The Morgan fingerprint density at radius 3 is 1.50 bits per heavy atom. The molecule has 0 amide bonds. The Labute approximate surface area is 84.1 Å². The molecule has 0 aliphatic heterocycles. The molecule has 6 heteroatoms. The molecule has 0 fully saturated rings. The maximum Gasteiger partial charge on any atom is 0.223 e. The molecule has 0 heterocycles. The molecule has 0 aromatic rings. The normalized spacial score (nSPS) is 13.8. The van der Waals surface area contributed by atoms with Gasteiger partial charge in [-0.05, 0) is 0 Å². The zero-order valence-electron chi connectivity index (χ0n) is 4.75. The van der Waals surface area contributed by atoms with Gasteiger partial charge in [0.2, 0.25) is 3.79 Å². The van der Waals surface area contributed by atoms with E-state index in [2.05, 4.69) is 0 Å². The summed E-state index contributed by atoms with van der Waals surface area (Å²) in [5.41, 5.74) is 0. The third kappa shape index (κ3) is 3.21. The monoisotopic (exact) mass is 244 g/mol. The maximum atomic E-state index is 8.42. The smallest absolute Gasteiger partial charge is 0.223 e. The van der Waals surface area contributed by atoms with Crippen LogP contribution in [0.25, 0.3) is 0 Å². The zero-order chi connectivity index (χ0) is 8.41. The third-order valence-corrected chi connectivity index (χ3v) is 3.33. The topological polar surface area (TPSA) is 20.2 Å². The van der Waals surface area contributed by atoms with Crippen molar-refractivity contribution in [2.75, 3.05) is 6.61 Å². The van der Waals surface area contributed by atoms with Crippen LogP contribution in [-0.2, 0) is 0 Å². The molecule has 0 atom stereocenters. The number of alkyl halides is 5. The highest BCUT2D eigenvalue weighted by molar-refractivity contribution is 6.75. The van der Waals surface area contributed by atoms with Crippen molar-refractivity contribution < 1.29 is 5.11 Å². The van der Waals surface area contributed by atoms with Crippen molar-refractivity contribution in [3.63, 3.8) is 0 Å². The average Bonchev–Trinajstić information content (AvgIpc) is 1.61. The van der Waals surface area contributed by atoms with Crippen molar-refractivity contribution in [3.05, 3.63) is 0 Å². The Morgan fingerprint density at radius 2 is 1.40 bits per heavy atom. The first-order chi connectivity index (χ1) is 4.31. The first kappa shape index (κ1) is 11.4. The summed E-state index contributed by atoms with van der Waals surface area (Å²) in [7, 11) is 0. The second-order valence-electron chi connectivity index (χ2n) is 1.68. The van der Waals surface area contributed by atoms with Crippen LogP contribution in [0.2, 0.25) is 0 Å². The lowest BCUT2D eigenvalue weighted by Gasteiger charge is -2.26. The van der Waals surface area contributed by atoms with Crippen molar-refractivity contribution >= 4 is 58.0 Å². The van der Waals surface area contributed by atoms with Crippen LogP contribution in [0.3, 0.4) is 0 Å². The summed E-state index contributed by atoms with van der Waals surface area (Å²) in [6.45, 7) is -0.221. The van der Waals surface area contributed by atoms with Crippen LogP contribution in [0.1, 0.15) is 6.42 Å². The van der Waals surface area contributed by atoms with Gasteiger partial charge in [0.15, 0.2) is 4.33 Å². The van der Waals surface area contributed by atoms with Crippen LogP contribution >= 0.6 is 58.0 Å². The van der Waals surface area contributed by atoms with Gasteiger partial charge in [-0.2, -0.15) is 0 Å². The van der Waals surface area contributed by atoms with E-state index in [1.165, 1.54) is 0 Å². The predicted octanol–water partition coefficient (Wildman–Crippen LogP) is 2.91. The molecule has 0 rings (SSSR count). The van der Waals surface area contributed by atoms with Crippen LogP contribution in [0, 0.1) is 0 Å². The number of aliphatic hydroxyl groups excluding tert-OH is 1. The van der Waals surface area contributed by atoms with E-state index in [1.807, 2.05) is 0 Å². The van der Waals surface area contributed by atoms with E-state index >= 15 is 0 Å². The van der Waals surface area contributed by atoms with E-state index in [-0.39, 0.29) is 13.0 Å². The molecule has 0 aromatic carbocycles. The number of aliphatic hydroxyl groups is 1.